The molecule has 0 radical (unpaired) electrons. The third-order valence-corrected chi connectivity index (χ3v) is 6.18. The highest BCUT2D eigenvalue weighted by molar-refractivity contribution is 6.19. The molecule has 5 rings (SSSR count). The summed E-state index contributed by atoms with van der Waals surface area (Å²) < 4.78 is 94.8. The predicted molar refractivity (Wildman–Crippen MR) is 118 cm³/mol. The van der Waals surface area contributed by atoms with Crippen molar-refractivity contribution in [3.63, 3.8) is 0 Å². The maximum Gasteiger partial charge on any atom is 0.187 e. The minimum absolute atomic E-state index is 0.509. The van der Waals surface area contributed by atoms with Gasteiger partial charge in [0.25, 0.3) is 0 Å². The summed E-state index contributed by atoms with van der Waals surface area (Å²) >= 11 is 0. The van der Waals surface area contributed by atoms with Crippen molar-refractivity contribution in [1.82, 2.24) is 19.1 Å². The Morgan fingerprint density at radius 2 is 0.921 bits per heavy atom. The summed E-state index contributed by atoms with van der Waals surface area (Å²) in [6.45, 7) is 0. The number of aromatic nitrogens is 4. The molecule has 38 heavy (non-hydrogen) atoms. The number of rotatable bonds is 0. The molecule has 0 atom stereocenters. The first-order chi connectivity index (χ1) is 18.0. The van der Waals surface area contributed by atoms with Gasteiger partial charge in [-0.15, -0.1) is 0 Å². The van der Waals surface area contributed by atoms with Crippen molar-refractivity contribution in [2.24, 2.45) is 14.1 Å². The second-order valence-electron chi connectivity index (χ2n) is 7.96. The SMILES string of the molecule is Cn1c(=C(C#N)C#N)nc2c(F)c3c(F)c(F)c4c(c(F)c(F)c5nc(=C(C#N)C#N)n(C)c54)c3c(F)c21. The number of hydrogen-bond donors (Lipinski definition) is 0. The van der Waals surface area contributed by atoms with Crippen molar-refractivity contribution < 1.29 is 26.3 Å². The van der Waals surface area contributed by atoms with Crippen molar-refractivity contribution in [2.75, 3.05) is 0 Å². The molecule has 0 amide bonds. The van der Waals surface area contributed by atoms with Gasteiger partial charge in [-0.1, -0.05) is 0 Å². The molecule has 0 saturated carbocycles. The fourth-order valence-electron chi connectivity index (χ4n) is 4.54. The molecule has 0 aliphatic heterocycles. The zero-order valence-corrected chi connectivity index (χ0v) is 18.8. The third kappa shape index (κ3) is 2.71. The average Bonchev–Trinajstić information content (AvgIpc) is 3.42. The van der Waals surface area contributed by atoms with Crippen LogP contribution in [0.5, 0.6) is 0 Å². The van der Waals surface area contributed by atoms with E-state index in [2.05, 4.69) is 9.97 Å². The lowest BCUT2D eigenvalue weighted by Gasteiger charge is -2.13. The van der Waals surface area contributed by atoms with Crippen molar-refractivity contribution in [3.05, 3.63) is 45.9 Å². The van der Waals surface area contributed by atoms with Crippen LogP contribution < -0.4 is 11.0 Å². The zero-order chi connectivity index (χ0) is 27.8. The Bertz CT molecular complexity index is 2230. The number of nitriles is 4. The summed E-state index contributed by atoms with van der Waals surface area (Å²) in [7, 11) is 2.20. The molecular weight excluding hydrogens is 514 g/mol. The lowest BCUT2D eigenvalue weighted by Crippen LogP contribution is -2.18. The Balaban J connectivity index is 2.23. The first-order valence-electron chi connectivity index (χ1n) is 10.2. The van der Waals surface area contributed by atoms with E-state index in [1.807, 2.05) is 0 Å². The van der Waals surface area contributed by atoms with Crippen LogP contribution in [0.4, 0.5) is 26.3 Å². The minimum atomic E-state index is -1.97. The largest absolute Gasteiger partial charge is 0.325 e. The van der Waals surface area contributed by atoms with Crippen LogP contribution in [-0.2, 0) is 14.1 Å². The Kier molecular flexibility index (Phi) is 5.05. The molecule has 0 aliphatic rings. The predicted octanol–water partition coefficient (Wildman–Crippen LogP) is 3.00. The van der Waals surface area contributed by atoms with Gasteiger partial charge in [-0.2, -0.15) is 21.0 Å². The molecule has 0 aliphatic carbocycles. The van der Waals surface area contributed by atoms with Gasteiger partial charge in [0.05, 0.1) is 16.3 Å². The summed E-state index contributed by atoms with van der Waals surface area (Å²) in [5.41, 5.74) is -5.50. The van der Waals surface area contributed by atoms with Crippen molar-refractivity contribution in [2.45, 2.75) is 0 Å². The van der Waals surface area contributed by atoms with E-state index in [-0.39, 0.29) is 0 Å². The molecular formula is C24H6F6N8. The fraction of sp³-hybridized carbons (Fsp3) is 0.0833. The first kappa shape index (κ1) is 24.1. The first-order valence-corrected chi connectivity index (χ1v) is 10.2. The summed E-state index contributed by atoms with van der Waals surface area (Å²) in [4.78, 5) is 7.38. The highest BCUT2D eigenvalue weighted by Gasteiger charge is 2.32. The van der Waals surface area contributed by atoms with Crippen LogP contribution in [0.3, 0.4) is 0 Å². The number of benzene rings is 3. The molecule has 0 N–H and O–H groups in total. The van der Waals surface area contributed by atoms with E-state index in [1.165, 1.54) is 24.3 Å². The summed E-state index contributed by atoms with van der Waals surface area (Å²) in [5.74, 6) is -10.7. The summed E-state index contributed by atoms with van der Waals surface area (Å²) in [6, 6.07) is 5.97. The standard InChI is InChI=1S/C24H6F6N8/c1-37-21-12-10(13(25)18(30)20(21)36-23(37)7(3-31)4-32)9-11(14(26)15(12)27)16(28)19-22(17(9)29)38(2)24(35-19)8(5-33)6-34/h1-2H3. The smallest absolute Gasteiger partial charge is 0.187 e. The molecule has 8 nitrogen and oxygen atoms in total. The van der Waals surface area contributed by atoms with Gasteiger partial charge in [-0.3, -0.25) is 0 Å². The highest BCUT2D eigenvalue weighted by Crippen LogP contribution is 2.42. The zero-order valence-electron chi connectivity index (χ0n) is 18.8. The number of nitrogens with zero attached hydrogens (tertiary/aromatic N) is 8. The van der Waals surface area contributed by atoms with Crippen LogP contribution in [0.2, 0.25) is 0 Å². The molecule has 184 valence electrons. The Hall–Kier alpha value is -5.60. The van der Waals surface area contributed by atoms with Gasteiger partial charge < -0.3 is 9.13 Å². The summed E-state index contributed by atoms with van der Waals surface area (Å²) in [5, 5.41) is 31.9. The van der Waals surface area contributed by atoms with Crippen molar-refractivity contribution in [1.29, 1.82) is 21.0 Å². The number of aryl methyl sites for hydroxylation is 2. The number of halogens is 6. The molecule has 2 heterocycles. The molecule has 14 heteroatoms. The second-order valence-corrected chi connectivity index (χ2v) is 7.96. The molecule has 3 aromatic carbocycles. The van der Waals surface area contributed by atoms with Gasteiger partial charge in [-0.05, 0) is 0 Å². The molecule has 0 spiro atoms. The average molecular weight is 520 g/mol. The quantitative estimate of drug-likeness (QED) is 0.228. The van der Waals surface area contributed by atoms with Crippen LogP contribution in [0.1, 0.15) is 0 Å². The molecule has 0 saturated heterocycles. The van der Waals surface area contributed by atoms with Gasteiger partial charge in [0.2, 0.25) is 0 Å². The number of hydrogen-bond acceptors (Lipinski definition) is 6. The van der Waals surface area contributed by atoms with Gasteiger partial charge in [0, 0.05) is 24.9 Å². The maximum atomic E-state index is 16.0. The lowest BCUT2D eigenvalue weighted by molar-refractivity contribution is 0.513. The van der Waals surface area contributed by atoms with E-state index in [0.717, 1.165) is 23.2 Å². The van der Waals surface area contributed by atoms with Crippen LogP contribution in [-0.4, -0.2) is 19.1 Å². The normalized spacial score (nSPS) is 11.1. The van der Waals surface area contributed by atoms with E-state index >= 15 is 26.3 Å². The maximum absolute atomic E-state index is 16.0. The van der Waals surface area contributed by atoms with Gasteiger partial charge in [-0.25, -0.2) is 36.3 Å². The molecule has 0 bridgehead atoms. The van der Waals surface area contributed by atoms with Crippen LogP contribution in [0.15, 0.2) is 0 Å². The van der Waals surface area contributed by atoms with Gasteiger partial charge >= 0.3 is 0 Å². The van der Waals surface area contributed by atoms with Crippen LogP contribution >= 0.6 is 0 Å². The van der Waals surface area contributed by atoms with Crippen LogP contribution in [0.25, 0.3) is 54.8 Å². The number of fused-ring (bicyclic) bond motifs is 6. The van der Waals surface area contributed by atoms with Crippen LogP contribution in [0, 0.1) is 80.2 Å². The lowest BCUT2D eigenvalue weighted by atomic mass is 9.97. The van der Waals surface area contributed by atoms with Crippen molar-refractivity contribution in [3.8, 4) is 24.3 Å². The number of imidazole rings is 2. The van der Waals surface area contributed by atoms with E-state index in [9.17, 15) is 10.5 Å². The molecule has 0 unspecified atom stereocenters. The monoisotopic (exact) mass is 520 g/mol. The van der Waals surface area contributed by atoms with Gasteiger partial charge in [0.15, 0.2) is 57.0 Å². The minimum Gasteiger partial charge on any atom is -0.325 e. The second kappa shape index (κ2) is 7.95. The Labute approximate surface area is 206 Å². The van der Waals surface area contributed by atoms with Crippen molar-refractivity contribution >= 4 is 54.8 Å². The Morgan fingerprint density at radius 3 is 1.42 bits per heavy atom. The summed E-state index contributed by atoms with van der Waals surface area (Å²) in [6.07, 6.45) is 0. The Morgan fingerprint density at radius 1 is 0.526 bits per heavy atom. The molecule has 0 fully saturated rings. The van der Waals surface area contributed by atoms with E-state index in [1.54, 1.807) is 0 Å². The van der Waals surface area contributed by atoms with E-state index in [0.29, 0.717) is 0 Å². The molecule has 2 aromatic heterocycles. The van der Waals surface area contributed by atoms with E-state index in [4.69, 9.17) is 10.5 Å². The third-order valence-electron chi connectivity index (χ3n) is 6.18. The fourth-order valence-corrected chi connectivity index (χ4v) is 4.54. The van der Waals surface area contributed by atoms with E-state index < -0.39 is 101 Å². The topological polar surface area (TPSA) is 131 Å². The molecule has 5 aromatic rings. The van der Waals surface area contributed by atoms with Gasteiger partial charge in [0.1, 0.15) is 40.8 Å². The highest BCUT2D eigenvalue weighted by atomic mass is 19.2.